The van der Waals surface area contributed by atoms with E-state index in [2.05, 4.69) is 31.3 Å². The van der Waals surface area contributed by atoms with Crippen molar-refractivity contribution in [1.29, 1.82) is 0 Å². The Hall–Kier alpha value is -2.52. The number of carbonyl (C=O) groups is 2. The molecular weight excluding hydrogens is 667 g/mol. The minimum absolute atomic E-state index is 0.00927. The van der Waals surface area contributed by atoms with Gasteiger partial charge in [0, 0.05) is 35.7 Å². The first-order chi connectivity index (χ1) is 20.1. The molecule has 0 spiro atoms. The number of amides is 2. The highest BCUT2D eigenvalue weighted by molar-refractivity contribution is 9.10. The number of rotatable bonds is 17. The summed E-state index contributed by atoms with van der Waals surface area (Å²) in [5.74, 6) is -0.542. The maximum absolute atomic E-state index is 13.6. The first kappa shape index (κ1) is 36.7. The van der Waals surface area contributed by atoms with Crippen LogP contribution in [-0.4, -0.2) is 73.4 Å². The second kappa shape index (κ2) is 17.1. The molecule has 2 atom stereocenters. The number of phosphoric acid groups is 1. The van der Waals surface area contributed by atoms with Crippen molar-refractivity contribution in [1.82, 2.24) is 14.9 Å². The first-order valence-electron chi connectivity index (χ1n) is 13.6. The van der Waals surface area contributed by atoms with Crippen LogP contribution in [0.25, 0.3) is 0 Å². The SMILES string of the molecule is COC(=O)N[C@@H](Cc1ccccc1Br)C(=O)NCCCCC(COP(=O)(O)O)N(CC(C)C)S(=O)(=O)c1ccc(N)cc1. The number of alkyl carbamates (subject to hydrolysis) is 1. The van der Waals surface area contributed by atoms with E-state index in [1.807, 2.05) is 38.1 Å². The monoisotopic (exact) mass is 706 g/mol. The van der Waals surface area contributed by atoms with Crippen molar-refractivity contribution in [3.8, 4) is 0 Å². The molecule has 2 aromatic rings. The Balaban J connectivity index is 2.12. The van der Waals surface area contributed by atoms with Crippen LogP contribution in [0.1, 0.15) is 38.7 Å². The topological polar surface area (TPSA) is 198 Å². The van der Waals surface area contributed by atoms with Gasteiger partial charge in [0.15, 0.2) is 0 Å². The molecule has 43 heavy (non-hydrogen) atoms. The van der Waals surface area contributed by atoms with Crippen LogP contribution in [0.2, 0.25) is 0 Å². The van der Waals surface area contributed by atoms with Crippen LogP contribution < -0.4 is 16.4 Å². The summed E-state index contributed by atoms with van der Waals surface area (Å²) in [5, 5.41) is 5.32. The third kappa shape index (κ3) is 12.5. The maximum atomic E-state index is 13.6. The number of unbranched alkanes of at least 4 members (excludes halogenated alkanes) is 1. The first-order valence-corrected chi connectivity index (χ1v) is 17.3. The Morgan fingerprint density at radius 1 is 1.09 bits per heavy atom. The number of anilines is 1. The smallest absolute Gasteiger partial charge is 0.453 e. The summed E-state index contributed by atoms with van der Waals surface area (Å²) in [6.45, 7) is 3.40. The van der Waals surface area contributed by atoms with E-state index in [4.69, 9.17) is 10.3 Å². The van der Waals surface area contributed by atoms with Crippen LogP contribution >= 0.6 is 23.8 Å². The number of nitrogens with one attached hydrogen (secondary N) is 2. The van der Waals surface area contributed by atoms with E-state index in [0.717, 1.165) is 10.0 Å². The molecule has 16 heteroatoms. The summed E-state index contributed by atoms with van der Waals surface area (Å²) in [6, 6.07) is 11.2. The van der Waals surface area contributed by atoms with Gasteiger partial charge in [-0.25, -0.2) is 17.8 Å². The van der Waals surface area contributed by atoms with Crippen LogP contribution in [-0.2, 0) is 35.1 Å². The van der Waals surface area contributed by atoms with Crippen molar-refractivity contribution in [2.75, 3.05) is 32.5 Å². The van der Waals surface area contributed by atoms with Crippen LogP contribution in [0.4, 0.5) is 10.5 Å². The van der Waals surface area contributed by atoms with Gasteiger partial charge in [-0.3, -0.25) is 9.32 Å². The van der Waals surface area contributed by atoms with Crippen molar-refractivity contribution in [2.24, 2.45) is 5.92 Å². The Kier molecular flexibility index (Phi) is 14.6. The van der Waals surface area contributed by atoms with Crippen molar-refractivity contribution in [3.05, 3.63) is 58.6 Å². The summed E-state index contributed by atoms with van der Waals surface area (Å²) in [4.78, 5) is 43.5. The summed E-state index contributed by atoms with van der Waals surface area (Å²) < 4.78 is 50.1. The Morgan fingerprint density at radius 2 is 1.74 bits per heavy atom. The van der Waals surface area contributed by atoms with Gasteiger partial charge >= 0.3 is 13.9 Å². The van der Waals surface area contributed by atoms with Crippen LogP contribution in [0.15, 0.2) is 57.9 Å². The minimum atomic E-state index is -4.88. The van der Waals surface area contributed by atoms with E-state index in [-0.39, 0.29) is 36.7 Å². The lowest BCUT2D eigenvalue weighted by atomic mass is 10.1. The highest BCUT2D eigenvalue weighted by Crippen LogP contribution is 2.37. The summed E-state index contributed by atoms with van der Waals surface area (Å²) in [5.41, 5.74) is 6.91. The lowest BCUT2D eigenvalue weighted by Crippen LogP contribution is -2.48. The molecule has 0 heterocycles. The van der Waals surface area contributed by atoms with Gasteiger partial charge in [0.2, 0.25) is 15.9 Å². The number of hydrogen-bond acceptors (Lipinski definition) is 8. The number of nitrogen functional groups attached to an aromatic ring is 1. The Morgan fingerprint density at radius 3 is 2.33 bits per heavy atom. The quantitative estimate of drug-likeness (QED) is 0.0923. The second-order valence-corrected chi connectivity index (χ2v) is 14.2. The van der Waals surface area contributed by atoms with E-state index in [0.29, 0.717) is 18.5 Å². The molecule has 0 saturated carbocycles. The lowest BCUT2D eigenvalue weighted by molar-refractivity contribution is -0.123. The zero-order valence-corrected chi connectivity index (χ0v) is 27.6. The number of methoxy groups -OCH3 is 1. The minimum Gasteiger partial charge on any atom is -0.453 e. The predicted molar refractivity (Wildman–Crippen MR) is 165 cm³/mol. The number of hydrogen-bond donors (Lipinski definition) is 5. The summed E-state index contributed by atoms with van der Waals surface area (Å²) in [7, 11) is -7.76. The molecule has 2 amide bonds. The third-order valence-electron chi connectivity index (χ3n) is 6.31. The zero-order chi connectivity index (χ0) is 32.2. The number of phosphoric ester groups is 1. The van der Waals surface area contributed by atoms with E-state index < -0.39 is 48.5 Å². The molecular formula is C27H40BrN4O9PS. The molecule has 0 aromatic heterocycles. The van der Waals surface area contributed by atoms with E-state index in [1.165, 1.54) is 35.7 Å². The maximum Gasteiger partial charge on any atom is 0.469 e. The number of benzene rings is 2. The van der Waals surface area contributed by atoms with Gasteiger partial charge in [-0.2, -0.15) is 4.31 Å². The summed E-state index contributed by atoms with van der Waals surface area (Å²) in [6.07, 6.45) is 0.443. The lowest BCUT2D eigenvalue weighted by Gasteiger charge is -2.32. The fraction of sp³-hybridized carbons (Fsp3) is 0.481. The van der Waals surface area contributed by atoms with Crippen molar-refractivity contribution >= 4 is 51.5 Å². The number of halogens is 1. The molecule has 0 aliphatic rings. The zero-order valence-electron chi connectivity index (χ0n) is 24.3. The molecule has 2 aromatic carbocycles. The normalized spacial score (nSPS) is 13.5. The van der Waals surface area contributed by atoms with Gasteiger partial charge in [-0.1, -0.05) is 54.4 Å². The van der Waals surface area contributed by atoms with Crippen LogP contribution in [0.3, 0.4) is 0 Å². The molecule has 0 aliphatic heterocycles. The average Bonchev–Trinajstić information content (AvgIpc) is 2.93. The van der Waals surface area contributed by atoms with Crippen molar-refractivity contribution in [2.45, 2.75) is 56.5 Å². The van der Waals surface area contributed by atoms with Gasteiger partial charge in [0.1, 0.15) is 6.04 Å². The van der Waals surface area contributed by atoms with Gasteiger partial charge in [-0.05, 0) is 54.7 Å². The fourth-order valence-corrected chi connectivity index (χ4v) is 6.82. The van der Waals surface area contributed by atoms with E-state index in [1.54, 1.807) is 0 Å². The molecule has 13 nitrogen and oxygen atoms in total. The van der Waals surface area contributed by atoms with Gasteiger partial charge in [0.25, 0.3) is 0 Å². The van der Waals surface area contributed by atoms with Crippen LogP contribution in [0.5, 0.6) is 0 Å². The highest BCUT2D eigenvalue weighted by atomic mass is 79.9. The molecule has 0 fully saturated rings. The van der Waals surface area contributed by atoms with Crippen LogP contribution in [0, 0.1) is 5.92 Å². The predicted octanol–water partition coefficient (Wildman–Crippen LogP) is 3.41. The average molecular weight is 708 g/mol. The van der Waals surface area contributed by atoms with Gasteiger partial charge in [-0.15, -0.1) is 0 Å². The third-order valence-corrected chi connectivity index (χ3v) is 9.50. The fourth-order valence-electron chi connectivity index (χ4n) is 4.21. The Bertz CT molecular complexity index is 1360. The summed E-state index contributed by atoms with van der Waals surface area (Å²) >= 11 is 3.44. The standard InChI is InChI=1S/C27H40BrN4O9PS/c1-19(2)17-32(43(38,39)23-13-11-21(29)12-14-23)22(18-41-42(35,36)37)9-6-7-15-30-26(33)25(31-27(34)40-3)16-20-8-4-5-10-24(20)28/h4-5,8,10-14,19,22,25H,6-7,9,15-18,29H2,1-3H3,(H,30,33)(H,31,34)(H2,35,36,37)/t22?,25-/m0/s1. The van der Waals surface area contributed by atoms with Crippen molar-refractivity contribution in [3.63, 3.8) is 0 Å². The van der Waals surface area contributed by atoms with Gasteiger partial charge < -0.3 is 30.9 Å². The molecule has 2 rings (SSSR count). The molecule has 0 bridgehead atoms. The largest absolute Gasteiger partial charge is 0.469 e. The van der Waals surface area contributed by atoms with E-state index in [9.17, 15) is 32.4 Å². The Labute approximate surface area is 260 Å². The number of ether oxygens (including phenoxy) is 1. The number of nitrogens with two attached hydrogens (primary N) is 1. The van der Waals surface area contributed by atoms with Gasteiger partial charge in [0.05, 0.1) is 18.6 Å². The van der Waals surface area contributed by atoms with Crippen molar-refractivity contribution < 1.29 is 41.6 Å². The number of sulfonamides is 1. The highest BCUT2D eigenvalue weighted by Gasteiger charge is 2.33. The molecule has 0 saturated heterocycles. The van der Waals surface area contributed by atoms with E-state index >= 15 is 0 Å². The molecule has 0 radical (unpaired) electrons. The molecule has 1 unspecified atom stereocenters. The second-order valence-electron chi connectivity index (χ2n) is 10.2. The molecule has 0 aliphatic carbocycles. The number of nitrogens with zero attached hydrogens (tertiary/aromatic N) is 1. The molecule has 6 N–H and O–H groups in total. The number of carbonyl (C=O) groups excluding carboxylic acids is 2. The molecule has 240 valence electrons.